The Kier molecular flexibility index (Phi) is 6.84. The molecule has 0 heterocycles. The number of nitrogens with one attached hydrogen (secondary N) is 2. The molecule has 0 fully saturated rings. The summed E-state index contributed by atoms with van der Waals surface area (Å²) < 4.78 is 0. The monoisotopic (exact) mass is 328 g/mol. The van der Waals surface area contributed by atoms with E-state index in [4.69, 9.17) is 12.2 Å². The lowest BCUT2D eigenvalue weighted by Crippen LogP contribution is -2.45. The average Bonchev–Trinajstić information content (AvgIpc) is 2.58. The highest BCUT2D eigenvalue weighted by Gasteiger charge is 2.09. The Balaban J connectivity index is 2.00. The van der Waals surface area contributed by atoms with Crippen LogP contribution in [0.5, 0.6) is 0 Å². The van der Waals surface area contributed by atoms with Crippen LogP contribution in [-0.4, -0.2) is 37.2 Å². The number of para-hydroxylation sites is 2. The Labute approximate surface area is 144 Å². The van der Waals surface area contributed by atoms with E-state index in [-0.39, 0.29) is 0 Å². The summed E-state index contributed by atoms with van der Waals surface area (Å²) in [6, 6.07) is 20.3. The van der Waals surface area contributed by atoms with Crippen LogP contribution in [0.1, 0.15) is 6.42 Å². The third-order valence-electron chi connectivity index (χ3n) is 3.31. The van der Waals surface area contributed by atoms with Crippen molar-refractivity contribution in [3.8, 4) is 0 Å². The summed E-state index contributed by atoms with van der Waals surface area (Å²) in [5.41, 5.74) is 5.35. The molecule has 2 N–H and O–H groups in total. The third kappa shape index (κ3) is 5.88. The van der Waals surface area contributed by atoms with Crippen LogP contribution >= 0.6 is 12.2 Å². The van der Waals surface area contributed by atoms with E-state index < -0.39 is 0 Å². The SMILES string of the molecule is CN(C)CCCNC(=S)NN(c1ccccc1)c1ccccc1. The van der Waals surface area contributed by atoms with Gasteiger partial charge in [0.1, 0.15) is 0 Å². The Hall–Kier alpha value is -2.11. The molecule has 0 aliphatic rings. The molecule has 0 aliphatic carbocycles. The number of hydrogen-bond donors (Lipinski definition) is 2. The molecule has 0 atom stereocenters. The fraction of sp³-hybridized carbons (Fsp3) is 0.278. The van der Waals surface area contributed by atoms with Crippen LogP contribution in [0.4, 0.5) is 11.4 Å². The molecule has 0 spiro atoms. The molecule has 0 bridgehead atoms. The minimum Gasteiger partial charge on any atom is -0.361 e. The van der Waals surface area contributed by atoms with E-state index in [0.29, 0.717) is 5.11 Å². The summed E-state index contributed by atoms with van der Waals surface area (Å²) in [5, 5.41) is 5.87. The zero-order valence-corrected chi connectivity index (χ0v) is 14.5. The molecule has 2 aromatic rings. The van der Waals surface area contributed by atoms with Crippen molar-refractivity contribution < 1.29 is 0 Å². The van der Waals surface area contributed by atoms with Crippen LogP contribution in [0.3, 0.4) is 0 Å². The lowest BCUT2D eigenvalue weighted by atomic mass is 10.2. The molecular weight excluding hydrogens is 304 g/mol. The average molecular weight is 328 g/mol. The Bertz CT molecular complexity index is 547. The summed E-state index contributed by atoms with van der Waals surface area (Å²) in [6.45, 7) is 1.89. The van der Waals surface area contributed by atoms with Crippen LogP contribution in [-0.2, 0) is 0 Å². The van der Waals surface area contributed by atoms with Gasteiger partial charge in [0.05, 0.1) is 11.4 Å². The summed E-state index contributed by atoms with van der Waals surface area (Å²) >= 11 is 5.43. The van der Waals surface area contributed by atoms with E-state index in [9.17, 15) is 0 Å². The standard InChI is InChI=1S/C18H24N4S/c1-21(2)15-9-14-19-18(23)20-22(16-10-5-3-6-11-16)17-12-7-4-8-13-17/h3-8,10-13H,9,14-15H2,1-2H3,(H2,19,20,23). The normalized spacial score (nSPS) is 10.4. The molecule has 0 unspecified atom stereocenters. The summed E-state index contributed by atoms with van der Waals surface area (Å²) in [4.78, 5) is 2.17. The van der Waals surface area contributed by atoms with Gasteiger partial charge in [-0.15, -0.1) is 0 Å². The molecule has 2 rings (SSSR count). The van der Waals surface area contributed by atoms with Crippen molar-refractivity contribution in [1.82, 2.24) is 15.6 Å². The zero-order chi connectivity index (χ0) is 16.5. The lowest BCUT2D eigenvalue weighted by molar-refractivity contribution is 0.400. The molecule has 23 heavy (non-hydrogen) atoms. The van der Waals surface area contributed by atoms with Crippen LogP contribution in [0.25, 0.3) is 0 Å². The van der Waals surface area contributed by atoms with Gasteiger partial charge in [-0.3, -0.25) is 10.4 Å². The first-order chi connectivity index (χ1) is 11.2. The van der Waals surface area contributed by atoms with Crippen LogP contribution < -0.4 is 15.8 Å². The van der Waals surface area contributed by atoms with Crippen molar-refractivity contribution in [3.05, 3.63) is 60.7 Å². The number of benzene rings is 2. The van der Waals surface area contributed by atoms with Gasteiger partial charge in [0.2, 0.25) is 0 Å². The summed E-state index contributed by atoms with van der Waals surface area (Å²) in [6.07, 6.45) is 1.05. The topological polar surface area (TPSA) is 30.5 Å². The number of thiocarbonyl (C=S) groups is 1. The van der Waals surface area contributed by atoms with Crippen molar-refractivity contribution in [2.75, 3.05) is 32.2 Å². The quantitative estimate of drug-likeness (QED) is 0.463. The van der Waals surface area contributed by atoms with Gasteiger partial charge in [-0.1, -0.05) is 36.4 Å². The maximum absolute atomic E-state index is 5.43. The van der Waals surface area contributed by atoms with Crippen molar-refractivity contribution >= 4 is 28.7 Å². The first-order valence-electron chi connectivity index (χ1n) is 7.76. The molecule has 2 aromatic carbocycles. The van der Waals surface area contributed by atoms with E-state index in [2.05, 4.69) is 54.0 Å². The molecule has 0 aromatic heterocycles. The van der Waals surface area contributed by atoms with Gasteiger partial charge in [0.25, 0.3) is 0 Å². The van der Waals surface area contributed by atoms with Gasteiger partial charge in [-0.25, -0.2) is 0 Å². The second kappa shape index (κ2) is 9.12. The number of hydrazine groups is 1. The van der Waals surface area contributed by atoms with Crippen LogP contribution in [0, 0.1) is 0 Å². The molecule has 0 saturated carbocycles. The third-order valence-corrected chi connectivity index (χ3v) is 3.55. The van der Waals surface area contributed by atoms with Crippen molar-refractivity contribution in [3.63, 3.8) is 0 Å². The lowest BCUT2D eigenvalue weighted by Gasteiger charge is -2.27. The predicted octanol–water partition coefficient (Wildman–Crippen LogP) is 3.16. The molecule has 0 amide bonds. The zero-order valence-electron chi connectivity index (χ0n) is 13.7. The Morgan fingerprint density at radius 3 is 1.91 bits per heavy atom. The first kappa shape index (κ1) is 17.2. The molecule has 0 saturated heterocycles. The first-order valence-corrected chi connectivity index (χ1v) is 8.17. The molecule has 0 radical (unpaired) electrons. The van der Waals surface area contributed by atoms with Crippen LogP contribution in [0.15, 0.2) is 60.7 Å². The van der Waals surface area contributed by atoms with Gasteiger partial charge in [0, 0.05) is 6.54 Å². The number of nitrogens with zero attached hydrogens (tertiary/aromatic N) is 2. The van der Waals surface area contributed by atoms with Crippen molar-refractivity contribution in [2.45, 2.75) is 6.42 Å². The molecule has 122 valence electrons. The van der Waals surface area contributed by atoms with Crippen LogP contribution in [0.2, 0.25) is 0 Å². The number of hydrogen-bond acceptors (Lipinski definition) is 3. The highest BCUT2D eigenvalue weighted by Crippen LogP contribution is 2.22. The smallest absolute Gasteiger partial charge is 0.185 e. The second-order valence-corrected chi connectivity index (χ2v) is 5.94. The fourth-order valence-corrected chi connectivity index (χ4v) is 2.36. The fourth-order valence-electron chi connectivity index (χ4n) is 2.17. The molecular formula is C18H24N4S. The maximum atomic E-state index is 5.43. The molecule has 5 heteroatoms. The largest absolute Gasteiger partial charge is 0.361 e. The highest BCUT2D eigenvalue weighted by atomic mass is 32.1. The number of rotatable bonds is 7. The summed E-state index contributed by atoms with van der Waals surface area (Å²) in [7, 11) is 4.15. The Morgan fingerprint density at radius 2 is 1.43 bits per heavy atom. The van der Waals surface area contributed by atoms with E-state index in [0.717, 1.165) is 30.9 Å². The molecule has 0 aliphatic heterocycles. The van der Waals surface area contributed by atoms with E-state index in [1.165, 1.54) is 0 Å². The van der Waals surface area contributed by atoms with Gasteiger partial charge >= 0.3 is 0 Å². The predicted molar refractivity (Wildman–Crippen MR) is 102 cm³/mol. The minimum absolute atomic E-state index is 0.622. The van der Waals surface area contributed by atoms with Crippen molar-refractivity contribution in [2.24, 2.45) is 0 Å². The van der Waals surface area contributed by atoms with Crippen molar-refractivity contribution in [1.29, 1.82) is 0 Å². The van der Waals surface area contributed by atoms with Gasteiger partial charge in [-0.2, -0.15) is 0 Å². The van der Waals surface area contributed by atoms with E-state index in [1.54, 1.807) is 0 Å². The summed E-state index contributed by atoms with van der Waals surface area (Å²) in [5.74, 6) is 0. The maximum Gasteiger partial charge on any atom is 0.185 e. The number of anilines is 2. The van der Waals surface area contributed by atoms with Gasteiger partial charge in [0.15, 0.2) is 5.11 Å². The highest BCUT2D eigenvalue weighted by molar-refractivity contribution is 7.80. The van der Waals surface area contributed by atoms with Gasteiger partial charge in [-0.05, 0) is 63.5 Å². The second-order valence-electron chi connectivity index (χ2n) is 5.53. The van der Waals surface area contributed by atoms with E-state index >= 15 is 0 Å². The van der Waals surface area contributed by atoms with E-state index in [1.807, 2.05) is 41.4 Å². The molecule has 4 nitrogen and oxygen atoms in total. The van der Waals surface area contributed by atoms with Gasteiger partial charge < -0.3 is 10.2 Å². The minimum atomic E-state index is 0.622. The Morgan fingerprint density at radius 1 is 0.913 bits per heavy atom.